The van der Waals surface area contributed by atoms with Crippen molar-refractivity contribution in [2.24, 2.45) is 5.73 Å². The normalized spacial score (nSPS) is 23.4. The van der Waals surface area contributed by atoms with E-state index in [1.165, 1.54) is 5.56 Å². The van der Waals surface area contributed by atoms with Crippen LogP contribution in [0.2, 0.25) is 0 Å². The molecule has 0 saturated heterocycles. The zero-order valence-corrected chi connectivity index (χ0v) is 10.9. The molecule has 0 bridgehead atoms. The summed E-state index contributed by atoms with van der Waals surface area (Å²) in [6.07, 6.45) is 9.91. The molecule has 1 aliphatic carbocycles. The fourth-order valence-corrected chi connectivity index (χ4v) is 2.77. The van der Waals surface area contributed by atoms with Crippen molar-refractivity contribution in [3.8, 4) is 0 Å². The summed E-state index contributed by atoms with van der Waals surface area (Å²) in [6.45, 7) is 0.790. The van der Waals surface area contributed by atoms with Crippen molar-refractivity contribution >= 4 is 0 Å². The number of aromatic nitrogens is 4. The van der Waals surface area contributed by atoms with E-state index in [2.05, 4.69) is 25.8 Å². The molecule has 2 aromatic rings. The van der Waals surface area contributed by atoms with Gasteiger partial charge in [0.1, 0.15) is 12.2 Å². The molecule has 0 radical (unpaired) electrons. The molecule has 0 spiro atoms. The van der Waals surface area contributed by atoms with Crippen LogP contribution in [0.5, 0.6) is 0 Å². The van der Waals surface area contributed by atoms with E-state index in [-0.39, 0.29) is 0 Å². The molecule has 2 heterocycles. The lowest BCUT2D eigenvalue weighted by atomic mass is 9.86. The Labute approximate surface area is 112 Å². The average molecular weight is 257 g/mol. The molecule has 5 heteroatoms. The first-order valence-electron chi connectivity index (χ1n) is 6.85. The minimum atomic E-state index is 0.367. The maximum Gasteiger partial charge on any atom is 0.136 e. The van der Waals surface area contributed by atoms with Gasteiger partial charge in [-0.2, -0.15) is 0 Å². The number of rotatable bonds is 3. The largest absolute Gasteiger partial charge is 0.328 e. The zero-order chi connectivity index (χ0) is 13.1. The van der Waals surface area contributed by atoms with Gasteiger partial charge in [0.2, 0.25) is 0 Å². The lowest BCUT2D eigenvalue weighted by Crippen LogP contribution is -2.26. The maximum atomic E-state index is 5.96. The first-order chi connectivity index (χ1) is 9.33. The number of hydrogen-bond acceptors (Lipinski definition) is 4. The average Bonchev–Trinajstić information content (AvgIpc) is 2.89. The van der Waals surface area contributed by atoms with Crippen molar-refractivity contribution in [2.45, 2.75) is 44.2 Å². The predicted octanol–water partition coefficient (Wildman–Crippen LogP) is 1.71. The molecule has 5 nitrogen and oxygen atoms in total. The van der Waals surface area contributed by atoms with Crippen LogP contribution in [0.1, 0.15) is 43.0 Å². The number of nitrogens with two attached hydrogens (primary N) is 1. The van der Waals surface area contributed by atoms with Crippen LogP contribution < -0.4 is 5.73 Å². The monoisotopic (exact) mass is 257 g/mol. The quantitative estimate of drug-likeness (QED) is 0.908. The zero-order valence-electron chi connectivity index (χ0n) is 10.9. The minimum absolute atomic E-state index is 0.367. The van der Waals surface area contributed by atoms with Crippen LogP contribution in [0.3, 0.4) is 0 Å². The molecule has 0 amide bonds. The van der Waals surface area contributed by atoms with Crippen LogP contribution in [0.25, 0.3) is 0 Å². The third-order valence-electron chi connectivity index (χ3n) is 3.86. The van der Waals surface area contributed by atoms with Gasteiger partial charge >= 0.3 is 0 Å². The van der Waals surface area contributed by atoms with Gasteiger partial charge in [-0.05, 0) is 37.3 Å². The molecule has 3 rings (SSSR count). The van der Waals surface area contributed by atoms with Gasteiger partial charge in [0.15, 0.2) is 0 Å². The minimum Gasteiger partial charge on any atom is -0.328 e. The molecule has 0 unspecified atom stereocenters. The smallest absolute Gasteiger partial charge is 0.136 e. The molecule has 1 aliphatic rings. The highest BCUT2D eigenvalue weighted by atomic mass is 15.3. The summed E-state index contributed by atoms with van der Waals surface area (Å²) in [5, 5.41) is 8.39. The van der Waals surface area contributed by atoms with E-state index >= 15 is 0 Å². The van der Waals surface area contributed by atoms with Crippen LogP contribution in [0, 0.1) is 0 Å². The Kier molecular flexibility index (Phi) is 3.55. The van der Waals surface area contributed by atoms with Gasteiger partial charge < -0.3 is 10.3 Å². The van der Waals surface area contributed by atoms with Crippen molar-refractivity contribution in [3.63, 3.8) is 0 Å². The number of nitrogens with zero attached hydrogens (tertiary/aromatic N) is 4. The maximum absolute atomic E-state index is 5.96. The van der Waals surface area contributed by atoms with E-state index in [0.717, 1.165) is 38.1 Å². The van der Waals surface area contributed by atoms with Gasteiger partial charge in [-0.25, -0.2) is 0 Å². The number of hydrogen-bond donors (Lipinski definition) is 1. The third kappa shape index (κ3) is 2.81. The lowest BCUT2D eigenvalue weighted by Gasteiger charge is -2.25. The highest BCUT2D eigenvalue weighted by Gasteiger charge is 2.23. The highest BCUT2D eigenvalue weighted by Crippen LogP contribution is 2.31. The summed E-state index contributed by atoms with van der Waals surface area (Å²) in [7, 11) is 0. The molecule has 0 aromatic carbocycles. The van der Waals surface area contributed by atoms with Crippen LogP contribution in [0.15, 0.2) is 30.9 Å². The van der Waals surface area contributed by atoms with E-state index < -0.39 is 0 Å². The van der Waals surface area contributed by atoms with E-state index in [1.807, 2.05) is 18.6 Å². The van der Waals surface area contributed by atoms with Gasteiger partial charge in [0.05, 0.1) is 6.54 Å². The van der Waals surface area contributed by atoms with Gasteiger partial charge in [-0.3, -0.25) is 4.98 Å². The summed E-state index contributed by atoms with van der Waals surface area (Å²) in [6, 6.07) is 4.40. The van der Waals surface area contributed by atoms with Gasteiger partial charge in [-0.15, -0.1) is 10.2 Å². The second-order valence-corrected chi connectivity index (χ2v) is 5.29. The van der Waals surface area contributed by atoms with Gasteiger partial charge in [-0.1, -0.05) is 6.07 Å². The lowest BCUT2D eigenvalue weighted by molar-refractivity contribution is 0.377. The van der Waals surface area contributed by atoms with Crippen molar-refractivity contribution < 1.29 is 0 Å². The molecule has 1 saturated carbocycles. The molecule has 0 atom stereocenters. The van der Waals surface area contributed by atoms with Crippen molar-refractivity contribution in [1.29, 1.82) is 0 Å². The molecule has 2 N–H and O–H groups in total. The van der Waals surface area contributed by atoms with Crippen LogP contribution in [-0.4, -0.2) is 25.8 Å². The van der Waals surface area contributed by atoms with Crippen LogP contribution in [0.4, 0.5) is 0 Å². The van der Waals surface area contributed by atoms with E-state index in [9.17, 15) is 0 Å². The van der Waals surface area contributed by atoms with E-state index in [0.29, 0.717) is 12.0 Å². The Morgan fingerprint density at radius 2 is 2.11 bits per heavy atom. The highest BCUT2D eigenvalue weighted by molar-refractivity contribution is 5.11. The molecule has 19 heavy (non-hydrogen) atoms. The van der Waals surface area contributed by atoms with E-state index in [1.54, 1.807) is 6.20 Å². The summed E-state index contributed by atoms with van der Waals surface area (Å²) < 4.78 is 2.14. The second kappa shape index (κ2) is 5.48. The fourth-order valence-electron chi connectivity index (χ4n) is 2.77. The summed E-state index contributed by atoms with van der Waals surface area (Å²) in [4.78, 5) is 4.15. The van der Waals surface area contributed by atoms with Gasteiger partial charge in [0, 0.05) is 24.4 Å². The third-order valence-corrected chi connectivity index (χ3v) is 3.86. The number of pyridine rings is 1. The SMILES string of the molecule is NC1CCC(c2nncn2Cc2cccnc2)CC1. The summed E-state index contributed by atoms with van der Waals surface area (Å²) >= 11 is 0. The van der Waals surface area contributed by atoms with Gasteiger partial charge in [0.25, 0.3) is 0 Å². The topological polar surface area (TPSA) is 69.6 Å². The predicted molar refractivity (Wildman–Crippen MR) is 72.5 cm³/mol. The Morgan fingerprint density at radius 3 is 2.84 bits per heavy atom. The van der Waals surface area contributed by atoms with Crippen molar-refractivity contribution in [1.82, 2.24) is 19.7 Å². The van der Waals surface area contributed by atoms with Crippen LogP contribution in [-0.2, 0) is 6.54 Å². The first-order valence-corrected chi connectivity index (χ1v) is 6.85. The second-order valence-electron chi connectivity index (χ2n) is 5.29. The Morgan fingerprint density at radius 1 is 1.26 bits per heavy atom. The molecule has 1 fully saturated rings. The Hall–Kier alpha value is -1.75. The summed E-state index contributed by atoms with van der Waals surface area (Å²) in [5.41, 5.74) is 7.14. The Bertz CT molecular complexity index is 514. The van der Waals surface area contributed by atoms with Crippen molar-refractivity contribution in [2.75, 3.05) is 0 Å². The van der Waals surface area contributed by atoms with Crippen molar-refractivity contribution in [3.05, 3.63) is 42.2 Å². The molecule has 100 valence electrons. The van der Waals surface area contributed by atoms with E-state index in [4.69, 9.17) is 5.73 Å². The Balaban J connectivity index is 1.75. The fraction of sp³-hybridized carbons (Fsp3) is 0.500. The molecular weight excluding hydrogens is 238 g/mol. The standard InChI is InChI=1S/C14H19N5/c15-13-5-3-12(4-6-13)14-18-17-10-19(14)9-11-2-1-7-16-8-11/h1-2,7-8,10,12-13H,3-6,9,15H2. The molecule has 0 aliphatic heterocycles. The first kappa shape index (κ1) is 12.3. The molecular formula is C14H19N5. The van der Waals surface area contributed by atoms with Crippen LogP contribution >= 0.6 is 0 Å². The molecule has 2 aromatic heterocycles. The summed E-state index contributed by atoms with van der Waals surface area (Å²) in [5.74, 6) is 1.59.